The minimum atomic E-state index is -0.236. The molecule has 6 heteroatoms. The predicted octanol–water partition coefficient (Wildman–Crippen LogP) is 2.63. The molecule has 2 aromatic carbocycles. The largest absolute Gasteiger partial charge is 0.483 e. The number of para-hydroxylation sites is 1. The molecule has 0 aromatic heterocycles. The van der Waals surface area contributed by atoms with Crippen LogP contribution in [0.25, 0.3) is 0 Å². The molecule has 0 aliphatic carbocycles. The molecule has 2 aromatic rings. The van der Waals surface area contributed by atoms with E-state index in [-0.39, 0.29) is 30.6 Å². The number of hydrogen-bond donors (Lipinski definition) is 1. The second-order valence-electron chi connectivity index (χ2n) is 7.01. The number of ether oxygens (including phenoxy) is 2. The van der Waals surface area contributed by atoms with Gasteiger partial charge in [0.25, 0.3) is 11.8 Å². The monoisotopic (exact) mass is 382 g/mol. The highest BCUT2D eigenvalue weighted by molar-refractivity contribution is 5.97. The van der Waals surface area contributed by atoms with Crippen LogP contribution < -0.4 is 10.1 Å². The van der Waals surface area contributed by atoms with E-state index in [1.54, 1.807) is 29.2 Å². The first-order valence-electron chi connectivity index (χ1n) is 9.50. The van der Waals surface area contributed by atoms with Crippen molar-refractivity contribution in [3.05, 3.63) is 65.7 Å². The van der Waals surface area contributed by atoms with Gasteiger partial charge in [-0.3, -0.25) is 9.59 Å². The molecular weight excluding hydrogens is 356 g/mol. The Kier molecular flexibility index (Phi) is 6.66. The van der Waals surface area contributed by atoms with Crippen molar-refractivity contribution in [1.82, 2.24) is 10.2 Å². The molecule has 2 atom stereocenters. The second kappa shape index (κ2) is 9.37. The van der Waals surface area contributed by atoms with E-state index in [1.807, 2.05) is 44.2 Å². The number of rotatable bonds is 6. The van der Waals surface area contributed by atoms with E-state index in [4.69, 9.17) is 9.47 Å². The molecule has 2 amide bonds. The summed E-state index contributed by atoms with van der Waals surface area (Å²) in [5.41, 5.74) is 1.43. The van der Waals surface area contributed by atoms with Gasteiger partial charge < -0.3 is 19.7 Å². The number of amides is 2. The van der Waals surface area contributed by atoms with Crippen molar-refractivity contribution in [2.45, 2.75) is 32.6 Å². The summed E-state index contributed by atoms with van der Waals surface area (Å²) in [5.74, 6) is 0.0535. The van der Waals surface area contributed by atoms with Gasteiger partial charge in [0.15, 0.2) is 6.61 Å². The van der Waals surface area contributed by atoms with Gasteiger partial charge in [0.1, 0.15) is 5.75 Å². The number of morpholine rings is 1. The maximum atomic E-state index is 12.6. The fraction of sp³-hybridized carbons (Fsp3) is 0.364. The van der Waals surface area contributed by atoms with Crippen LogP contribution in [0.15, 0.2) is 54.6 Å². The average Bonchev–Trinajstić information content (AvgIpc) is 2.70. The SMILES string of the molecule is C[C@H]1CN(C(=O)COc2ccccc2C(=O)NCc2ccccc2)C[C@H](C)O1. The summed E-state index contributed by atoms with van der Waals surface area (Å²) in [6.07, 6.45) is 0.00695. The first kappa shape index (κ1) is 19.9. The highest BCUT2D eigenvalue weighted by atomic mass is 16.5. The van der Waals surface area contributed by atoms with E-state index >= 15 is 0 Å². The van der Waals surface area contributed by atoms with Crippen molar-refractivity contribution in [2.24, 2.45) is 0 Å². The van der Waals surface area contributed by atoms with E-state index in [9.17, 15) is 9.59 Å². The Hall–Kier alpha value is -2.86. The summed E-state index contributed by atoms with van der Waals surface area (Å²) in [7, 11) is 0. The molecule has 0 unspecified atom stereocenters. The summed E-state index contributed by atoms with van der Waals surface area (Å²) in [4.78, 5) is 26.8. The Morgan fingerprint density at radius 1 is 1.04 bits per heavy atom. The number of nitrogens with one attached hydrogen (secondary N) is 1. The molecule has 0 saturated carbocycles. The maximum Gasteiger partial charge on any atom is 0.260 e. The minimum absolute atomic E-state index is 0.00347. The van der Waals surface area contributed by atoms with E-state index in [0.717, 1.165) is 5.56 Å². The van der Waals surface area contributed by atoms with Gasteiger partial charge in [0.2, 0.25) is 0 Å². The van der Waals surface area contributed by atoms with E-state index in [2.05, 4.69) is 5.32 Å². The third-order valence-electron chi connectivity index (χ3n) is 4.55. The molecule has 1 N–H and O–H groups in total. The summed E-state index contributed by atoms with van der Waals surface area (Å²) < 4.78 is 11.4. The molecule has 0 bridgehead atoms. The average molecular weight is 382 g/mol. The van der Waals surface area contributed by atoms with Crippen molar-refractivity contribution < 1.29 is 19.1 Å². The van der Waals surface area contributed by atoms with Gasteiger partial charge in [-0.2, -0.15) is 0 Å². The smallest absolute Gasteiger partial charge is 0.260 e. The molecule has 1 heterocycles. The molecule has 1 aliphatic rings. The van der Waals surface area contributed by atoms with Gasteiger partial charge >= 0.3 is 0 Å². The molecule has 0 radical (unpaired) electrons. The lowest BCUT2D eigenvalue weighted by Crippen LogP contribution is -2.49. The normalized spacial score (nSPS) is 19.1. The molecular formula is C22H26N2O4. The third-order valence-corrected chi connectivity index (χ3v) is 4.55. The zero-order valence-corrected chi connectivity index (χ0v) is 16.3. The standard InChI is InChI=1S/C22H26N2O4/c1-16-13-24(14-17(2)28-16)21(25)15-27-20-11-7-6-10-19(20)22(26)23-12-18-8-4-3-5-9-18/h3-11,16-17H,12-15H2,1-2H3,(H,23,26)/t16-,17-/m0/s1. The van der Waals surface area contributed by atoms with E-state index in [0.29, 0.717) is 30.9 Å². The molecule has 0 spiro atoms. The van der Waals surface area contributed by atoms with Crippen LogP contribution in [0.4, 0.5) is 0 Å². The molecule has 1 fully saturated rings. The zero-order chi connectivity index (χ0) is 19.9. The molecule has 28 heavy (non-hydrogen) atoms. The lowest BCUT2D eigenvalue weighted by atomic mass is 10.1. The van der Waals surface area contributed by atoms with Crippen LogP contribution in [0.1, 0.15) is 29.8 Å². The Labute approximate surface area is 165 Å². The number of benzene rings is 2. The fourth-order valence-corrected chi connectivity index (χ4v) is 3.27. The summed E-state index contributed by atoms with van der Waals surface area (Å²) in [6.45, 7) is 5.31. The van der Waals surface area contributed by atoms with Gasteiger partial charge in [0, 0.05) is 19.6 Å². The van der Waals surface area contributed by atoms with Crippen LogP contribution >= 0.6 is 0 Å². The van der Waals surface area contributed by atoms with Crippen molar-refractivity contribution in [3.8, 4) is 5.75 Å². The Bertz CT molecular complexity index is 799. The Morgan fingerprint density at radius 3 is 2.39 bits per heavy atom. The third kappa shape index (κ3) is 5.33. The lowest BCUT2D eigenvalue weighted by Gasteiger charge is -2.35. The Morgan fingerprint density at radius 2 is 1.68 bits per heavy atom. The predicted molar refractivity (Wildman–Crippen MR) is 106 cm³/mol. The number of hydrogen-bond acceptors (Lipinski definition) is 4. The quantitative estimate of drug-likeness (QED) is 0.834. The van der Waals surface area contributed by atoms with Crippen LogP contribution in [0.5, 0.6) is 5.75 Å². The molecule has 1 saturated heterocycles. The highest BCUT2D eigenvalue weighted by Gasteiger charge is 2.26. The van der Waals surface area contributed by atoms with E-state index in [1.165, 1.54) is 0 Å². The van der Waals surface area contributed by atoms with Gasteiger partial charge in [-0.05, 0) is 31.5 Å². The zero-order valence-electron chi connectivity index (χ0n) is 16.3. The number of carbonyl (C=O) groups is 2. The van der Waals surface area contributed by atoms with Crippen LogP contribution in [-0.2, 0) is 16.1 Å². The number of nitrogens with zero attached hydrogens (tertiary/aromatic N) is 1. The lowest BCUT2D eigenvalue weighted by molar-refractivity contribution is -0.145. The fourth-order valence-electron chi connectivity index (χ4n) is 3.27. The van der Waals surface area contributed by atoms with Gasteiger partial charge in [-0.1, -0.05) is 42.5 Å². The van der Waals surface area contributed by atoms with Crippen molar-refractivity contribution in [2.75, 3.05) is 19.7 Å². The highest BCUT2D eigenvalue weighted by Crippen LogP contribution is 2.19. The minimum Gasteiger partial charge on any atom is -0.483 e. The molecule has 148 valence electrons. The summed E-state index contributed by atoms with van der Waals surface area (Å²) in [6, 6.07) is 16.6. The maximum absolute atomic E-state index is 12.6. The van der Waals surface area contributed by atoms with Crippen molar-refractivity contribution >= 4 is 11.8 Å². The van der Waals surface area contributed by atoms with Crippen LogP contribution in [0.2, 0.25) is 0 Å². The summed E-state index contributed by atoms with van der Waals surface area (Å²) in [5, 5.41) is 2.89. The Balaban J connectivity index is 1.59. The first-order valence-corrected chi connectivity index (χ1v) is 9.50. The molecule has 6 nitrogen and oxygen atoms in total. The summed E-state index contributed by atoms with van der Waals surface area (Å²) >= 11 is 0. The van der Waals surface area contributed by atoms with Crippen molar-refractivity contribution in [1.29, 1.82) is 0 Å². The van der Waals surface area contributed by atoms with Gasteiger partial charge in [-0.25, -0.2) is 0 Å². The second-order valence-corrected chi connectivity index (χ2v) is 7.01. The van der Waals surface area contributed by atoms with Crippen LogP contribution in [0, 0.1) is 0 Å². The van der Waals surface area contributed by atoms with Crippen LogP contribution in [0.3, 0.4) is 0 Å². The number of carbonyl (C=O) groups excluding carboxylic acids is 2. The van der Waals surface area contributed by atoms with Gasteiger partial charge in [0.05, 0.1) is 17.8 Å². The van der Waals surface area contributed by atoms with E-state index < -0.39 is 0 Å². The first-order chi connectivity index (χ1) is 13.5. The molecule has 3 rings (SSSR count). The van der Waals surface area contributed by atoms with Crippen LogP contribution in [-0.4, -0.2) is 48.6 Å². The topological polar surface area (TPSA) is 67.9 Å². The van der Waals surface area contributed by atoms with Gasteiger partial charge in [-0.15, -0.1) is 0 Å². The molecule has 1 aliphatic heterocycles. The van der Waals surface area contributed by atoms with Crippen molar-refractivity contribution in [3.63, 3.8) is 0 Å².